The van der Waals surface area contributed by atoms with E-state index in [0.29, 0.717) is 17.0 Å². The van der Waals surface area contributed by atoms with Gasteiger partial charge >= 0.3 is 5.97 Å². The average Bonchev–Trinajstić information content (AvgIpc) is 3.25. The molecule has 176 valence electrons. The molecule has 0 N–H and O–H groups in total. The second-order valence-corrected chi connectivity index (χ2v) is 8.20. The van der Waals surface area contributed by atoms with Gasteiger partial charge in [-0.15, -0.1) is 0 Å². The van der Waals surface area contributed by atoms with Crippen LogP contribution in [0, 0.1) is 16.0 Å². The Morgan fingerprint density at radius 2 is 1.71 bits per heavy atom. The summed E-state index contributed by atoms with van der Waals surface area (Å²) in [5, 5.41) is 11.2. The number of fused-ring (bicyclic) bond motifs is 3. The number of hydrogen-bond donors (Lipinski definition) is 0. The number of carbonyl (C=O) groups is 2. The summed E-state index contributed by atoms with van der Waals surface area (Å²) in [6.45, 7) is 2.03. The SMILES string of the molecule is CCOC(=O)[C@@H]1C(=O)N(Cc2ccccc2)c2nc3ccccc3n2[C@@H]1c1ccc([N+](=O)[O-])cc1. The van der Waals surface area contributed by atoms with Crippen LogP contribution in [0.5, 0.6) is 0 Å². The normalized spacial score (nSPS) is 17.3. The number of aromatic nitrogens is 2. The van der Waals surface area contributed by atoms with Gasteiger partial charge in [-0.1, -0.05) is 54.6 Å². The molecule has 0 radical (unpaired) electrons. The van der Waals surface area contributed by atoms with Gasteiger partial charge in [-0.2, -0.15) is 0 Å². The first-order chi connectivity index (χ1) is 17.0. The van der Waals surface area contributed by atoms with Crippen LogP contribution < -0.4 is 4.90 Å². The van der Waals surface area contributed by atoms with Crippen molar-refractivity contribution in [2.24, 2.45) is 5.92 Å². The molecular weight excluding hydrogens is 448 g/mol. The number of non-ortho nitro benzene ring substituents is 1. The molecule has 35 heavy (non-hydrogen) atoms. The number of nitrogens with zero attached hydrogens (tertiary/aromatic N) is 4. The van der Waals surface area contributed by atoms with Crippen molar-refractivity contribution >= 4 is 34.5 Å². The summed E-state index contributed by atoms with van der Waals surface area (Å²) < 4.78 is 7.20. The van der Waals surface area contributed by atoms with Gasteiger partial charge in [0, 0.05) is 12.1 Å². The fourth-order valence-corrected chi connectivity index (χ4v) is 4.56. The van der Waals surface area contributed by atoms with Gasteiger partial charge in [-0.25, -0.2) is 4.98 Å². The quantitative estimate of drug-likeness (QED) is 0.180. The number of nitro groups is 1. The van der Waals surface area contributed by atoms with Gasteiger partial charge in [-0.05, 0) is 30.2 Å². The summed E-state index contributed by atoms with van der Waals surface area (Å²) >= 11 is 0. The molecule has 0 saturated heterocycles. The Kier molecular flexibility index (Phi) is 5.74. The lowest BCUT2D eigenvalue weighted by molar-refractivity contribution is -0.384. The van der Waals surface area contributed by atoms with Crippen LogP contribution in [0.4, 0.5) is 11.6 Å². The molecule has 1 aliphatic rings. The third-order valence-corrected chi connectivity index (χ3v) is 6.11. The van der Waals surface area contributed by atoms with E-state index in [2.05, 4.69) is 0 Å². The molecule has 0 spiro atoms. The maximum absolute atomic E-state index is 13.9. The van der Waals surface area contributed by atoms with Crippen LogP contribution in [0.25, 0.3) is 11.0 Å². The molecule has 0 fully saturated rings. The zero-order valence-corrected chi connectivity index (χ0v) is 18.9. The van der Waals surface area contributed by atoms with Crippen LogP contribution >= 0.6 is 0 Å². The number of carbonyl (C=O) groups excluding carboxylic acids is 2. The first-order valence-corrected chi connectivity index (χ1v) is 11.2. The van der Waals surface area contributed by atoms with Crippen molar-refractivity contribution in [3.8, 4) is 0 Å². The maximum atomic E-state index is 13.9. The minimum atomic E-state index is -1.19. The zero-order chi connectivity index (χ0) is 24.5. The number of anilines is 1. The van der Waals surface area contributed by atoms with E-state index in [1.165, 1.54) is 17.0 Å². The van der Waals surface area contributed by atoms with E-state index in [0.717, 1.165) is 11.1 Å². The van der Waals surface area contributed by atoms with Crippen molar-refractivity contribution in [2.75, 3.05) is 11.5 Å². The molecule has 0 unspecified atom stereocenters. The van der Waals surface area contributed by atoms with E-state index in [1.807, 2.05) is 59.2 Å². The van der Waals surface area contributed by atoms with Crippen molar-refractivity contribution in [1.29, 1.82) is 0 Å². The predicted octanol–water partition coefficient (Wildman–Crippen LogP) is 4.26. The van der Waals surface area contributed by atoms with Crippen molar-refractivity contribution in [3.63, 3.8) is 0 Å². The highest BCUT2D eigenvalue weighted by Gasteiger charge is 2.47. The number of ether oxygens (including phenoxy) is 1. The number of rotatable bonds is 6. The second kappa shape index (κ2) is 9.02. The summed E-state index contributed by atoms with van der Waals surface area (Å²) in [6.07, 6.45) is 0. The fraction of sp³-hybridized carbons (Fsp3) is 0.192. The molecule has 1 amide bonds. The van der Waals surface area contributed by atoms with Gasteiger partial charge in [0.2, 0.25) is 11.9 Å². The second-order valence-electron chi connectivity index (χ2n) is 8.20. The third kappa shape index (κ3) is 3.90. The van der Waals surface area contributed by atoms with Crippen molar-refractivity contribution < 1.29 is 19.2 Å². The largest absolute Gasteiger partial charge is 0.465 e. The van der Waals surface area contributed by atoms with Crippen LogP contribution in [0.3, 0.4) is 0 Å². The average molecular weight is 470 g/mol. The van der Waals surface area contributed by atoms with E-state index >= 15 is 0 Å². The molecule has 4 aromatic rings. The van der Waals surface area contributed by atoms with Crippen LogP contribution in [0.15, 0.2) is 78.9 Å². The van der Waals surface area contributed by atoms with Crippen LogP contribution in [0.1, 0.15) is 24.1 Å². The predicted molar refractivity (Wildman–Crippen MR) is 129 cm³/mol. The minimum Gasteiger partial charge on any atom is -0.465 e. The first kappa shape index (κ1) is 22.3. The van der Waals surface area contributed by atoms with Crippen molar-refractivity contribution in [2.45, 2.75) is 19.5 Å². The summed E-state index contributed by atoms with van der Waals surface area (Å²) in [5.41, 5.74) is 2.79. The minimum absolute atomic E-state index is 0.0787. The smallest absolute Gasteiger partial charge is 0.321 e. The highest BCUT2D eigenvalue weighted by molar-refractivity contribution is 6.08. The summed E-state index contributed by atoms with van der Waals surface area (Å²) in [4.78, 5) is 44.1. The summed E-state index contributed by atoms with van der Waals surface area (Å²) in [5.74, 6) is -1.87. The fourth-order valence-electron chi connectivity index (χ4n) is 4.56. The molecule has 5 rings (SSSR count). The van der Waals surface area contributed by atoms with E-state index < -0.39 is 28.8 Å². The number of nitro benzene ring substituents is 1. The van der Waals surface area contributed by atoms with E-state index in [1.54, 1.807) is 19.1 Å². The monoisotopic (exact) mass is 470 g/mol. The van der Waals surface area contributed by atoms with Gasteiger partial charge in [0.15, 0.2) is 5.92 Å². The lowest BCUT2D eigenvalue weighted by Crippen LogP contribution is -2.49. The summed E-state index contributed by atoms with van der Waals surface area (Å²) in [6, 6.07) is 22.0. The standard InChI is InChI=1S/C26H22N4O5/c1-2-35-25(32)22-23(18-12-14-19(15-13-18)30(33)34)29-21-11-7-6-10-20(21)27-26(29)28(24(22)31)16-17-8-4-3-5-9-17/h3-15,22-23H,2,16H2,1H3/t22-,23+/m0/s1. The van der Waals surface area contributed by atoms with Crippen molar-refractivity contribution in [3.05, 3.63) is 100 Å². The molecule has 3 aromatic carbocycles. The molecule has 9 heteroatoms. The van der Waals surface area contributed by atoms with Crippen LogP contribution in [-0.2, 0) is 20.9 Å². The Balaban J connectivity index is 1.73. The van der Waals surface area contributed by atoms with E-state index in [9.17, 15) is 19.7 Å². The van der Waals surface area contributed by atoms with Gasteiger partial charge in [0.05, 0.1) is 35.2 Å². The zero-order valence-electron chi connectivity index (χ0n) is 18.9. The lowest BCUT2D eigenvalue weighted by Gasteiger charge is -2.38. The molecule has 9 nitrogen and oxygen atoms in total. The number of para-hydroxylation sites is 2. The molecule has 2 atom stereocenters. The highest BCUT2D eigenvalue weighted by atomic mass is 16.6. The molecule has 0 bridgehead atoms. The molecular formula is C26H22N4O5. The van der Waals surface area contributed by atoms with Crippen molar-refractivity contribution in [1.82, 2.24) is 9.55 Å². The Bertz CT molecular complexity index is 1410. The highest BCUT2D eigenvalue weighted by Crippen LogP contribution is 2.42. The lowest BCUT2D eigenvalue weighted by atomic mass is 9.89. The Morgan fingerprint density at radius 3 is 2.40 bits per heavy atom. The number of esters is 1. The maximum Gasteiger partial charge on any atom is 0.321 e. The van der Waals surface area contributed by atoms with E-state index in [4.69, 9.17) is 9.72 Å². The van der Waals surface area contributed by atoms with Gasteiger partial charge in [-0.3, -0.25) is 24.6 Å². The Hall–Kier alpha value is -4.53. The summed E-state index contributed by atoms with van der Waals surface area (Å²) in [7, 11) is 0. The molecule has 0 aliphatic carbocycles. The number of hydrogen-bond acceptors (Lipinski definition) is 6. The van der Waals surface area contributed by atoms with Gasteiger partial charge < -0.3 is 9.30 Å². The molecule has 0 saturated carbocycles. The van der Waals surface area contributed by atoms with Crippen LogP contribution in [0.2, 0.25) is 0 Å². The third-order valence-electron chi connectivity index (χ3n) is 6.11. The molecule has 1 aromatic heterocycles. The Morgan fingerprint density at radius 1 is 1.03 bits per heavy atom. The van der Waals surface area contributed by atoms with E-state index in [-0.39, 0.29) is 18.8 Å². The first-order valence-electron chi connectivity index (χ1n) is 11.2. The van der Waals surface area contributed by atoms with Gasteiger partial charge in [0.25, 0.3) is 5.69 Å². The Labute approximate surface area is 200 Å². The van der Waals surface area contributed by atoms with Crippen LogP contribution in [-0.4, -0.2) is 33.0 Å². The van der Waals surface area contributed by atoms with Gasteiger partial charge in [0.1, 0.15) is 0 Å². The number of imidazole rings is 1. The number of amides is 1. The molecule has 2 heterocycles. The topological polar surface area (TPSA) is 108 Å². The molecule has 1 aliphatic heterocycles. The number of benzene rings is 3.